The molecule has 2 fully saturated rings. The van der Waals surface area contributed by atoms with E-state index in [1.54, 1.807) is 0 Å². The van der Waals surface area contributed by atoms with Gasteiger partial charge in [-0.25, -0.2) is 0 Å². The van der Waals surface area contributed by atoms with Gasteiger partial charge in [-0.05, 0) is 24.2 Å². The Kier molecular flexibility index (Phi) is 4.91. The maximum absolute atomic E-state index is 5.72. The first kappa shape index (κ1) is 15.3. The van der Waals surface area contributed by atoms with Crippen LogP contribution in [0.2, 0.25) is 0 Å². The number of hydrogen-bond donors (Lipinski definition) is 1. The summed E-state index contributed by atoms with van der Waals surface area (Å²) in [6.45, 7) is 9.64. The van der Waals surface area contributed by atoms with Gasteiger partial charge in [-0.3, -0.25) is 0 Å². The lowest BCUT2D eigenvalue weighted by atomic mass is 9.69. The topological polar surface area (TPSA) is 30.5 Å². The molecule has 1 heterocycles. The zero-order valence-electron chi connectivity index (χ0n) is 13.1. The van der Waals surface area contributed by atoms with Crippen molar-refractivity contribution < 1.29 is 9.47 Å². The van der Waals surface area contributed by atoms with E-state index in [2.05, 4.69) is 26.1 Å². The van der Waals surface area contributed by atoms with Gasteiger partial charge in [0.05, 0.1) is 6.61 Å². The Morgan fingerprint density at radius 3 is 2.58 bits per heavy atom. The molecule has 0 spiro atoms. The van der Waals surface area contributed by atoms with E-state index >= 15 is 0 Å². The maximum Gasteiger partial charge on any atom is 0.106 e. The largest absolute Gasteiger partial charge is 0.378 e. The summed E-state index contributed by atoms with van der Waals surface area (Å²) in [6.07, 6.45) is 6.43. The lowest BCUT2D eigenvalue weighted by molar-refractivity contribution is -0.0219. The van der Waals surface area contributed by atoms with E-state index in [1.165, 1.54) is 25.7 Å². The molecule has 1 N–H and O–H groups in total. The summed E-state index contributed by atoms with van der Waals surface area (Å²) in [4.78, 5) is 0. The van der Waals surface area contributed by atoms with Gasteiger partial charge in [-0.15, -0.1) is 0 Å². The van der Waals surface area contributed by atoms with Crippen LogP contribution in [0.15, 0.2) is 0 Å². The minimum atomic E-state index is -0.0835. The summed E-state index contributed by atoms with van der Waals surface area (Å²) < 4.78 is 11.2. The van der Waals surface area contributed by atoms with Crippen molar-refractivity contribution in [3.63, 3.8) is 0 Å². The van der Waals surface area contributed by atoms with Crippen molar-refractivity contribution in [2.75, 3.05) is 26.9 Å². The fraction of sp³-hybridized carbons (Fsp3) is 1.00. The van der Waals surface area contributed by atoms with Crippen LogP contribution in [0.4, 0.5) is 0 Å². The van der Waals surface area contributed by atoms with Gasteiger partial charge in [0.15, 0.2) is 0 Å². The Labute approximate surface area is 118 Å². The lowest BCUT2D eigenvalue weighted by Gasteiger charge is -2.42. The molecule has 3 atom stereocenters. The smallest absolute Gasteiger partial charge is 0.106 e. The number of ether oxygens (including phenoxy) is 2. The Morgan fingerprint density at radius 1 is 1.26 bits per heavy atom. The van der Waals surface area contributed by atoms with Crippen LogP contribution in [-0.2, 0) is 9.47 Å². The summed E-state index contributed by atoms with van der Waals surface area (Å²) in [6, 6.07) is 0.640. The Morgan fingerprint density at radius 2 is 2.00 bits per heavy atom. The van der Waals surface area contributed by atoms with Gasteiger partial charge in [0, 0.05) is 32.7 Å². The van der Waals surface area contributed by atoms with Gasteiger partial charge < -0.3 is 14.8 Å². The van der Waals surface area contributed by atoms with Gasteiger partial charge in [0.2, 0.25) is 0 Å². The first-order chi connectivity index (χ1) is 8.97. The molecule has 3 unspecified atom stereocenters. The molecule has 2 rings (SSSR count). The van der Waals surface area contributed by atoms with Crippen molar-refractivity contribution >= 4 is 0 Å². The molecule has 0 amide bonds. The third-order valence-electron chi connectivity index (χ3n) is 5.06. The van der Waals surface area contributed by atoms with Crippen LogP contribution in [0.3, 0.4) is 0 Å². The minimum absolute atomic E-state index is 0.0835. The van der Waals surface area contributed by atoms with E-state index in [9.17, 15) is 0 Å². The highest BCUT2D eigenvalue weighted by molar-refractivity contribution is 4.93. The van der Waals surface area contributed by atoms with Gasteiger partial charge >= 0.3 is 0 Å². The molecule has 0 bridgehead atoms. The molecule has 0 aromatic heterocycles. The highest BCUT2D eigenvalue weighted by atomic mass is 16.5. The van der Waals surface area contributed by atoms with E-state index in [-0.39, 0.29) is 5.60 Å². The second kappa shape index (κ2) is 6.11. The third kappa shape index (κ3) is 3.71. The zero-order chi connectivity index (χ0) is 13.9. The number of nitrogens with one attached hydrogen (secondary N) is 1. The molecule has 2 aliphatic rings. The SMILES string of the molecule is COC1(CNC2CCCCC2C(C)(C)C)CCOC1. The Hall–Kier alpha value is -0.120. The summed E-state index contributed by atoms with van der Waals surface area (Å²) in [7, 11) is 1.82. The molecular formula is C16H31NO2. The maximum atomic E-state index is 5.72. The average Bonchev–Trinajstić information content (AvgIpc) is 2.85. The van der Waals surface area contributed by atoms with Crippen LogP contribution in [0, 0.1) is 11.3 Å². The fourth-order valence-electron chi connectivity index (χ4n) is 3.69. The molecule has 112 valence electrons. The zero-order valence-corrected chi connectivity index (χ0v) is 13.1. The lowest BCUT2D eigenvalue weighted by Crippen LogP contribution is -2.51. The van der Waals surface area contributed by atoms with Gasteiger partial charge in [-0.1, -0.05) is 33.6 Å². The molecule has 1 aliphatic heterocycles. The predicted octanol–water partition coefficient (Wildman–Crippen LogP) is 2.99. The molecule has 1 saturated heterocycles. The molecule has 3 heteroatoms. The van der Waals surface area contributed by atoms with Crippen LogP contribution in [0.5, 0.6) is 0 Å². The van der Waals surface area contributed by atoms with Gasteiger partial charge in [-0.2, -0.15) is 0 Å². The van der Waals surface area contributed by atoms with Crippen molar-refractivity contribution in [3.8, 4) is 0 Å². The monoisotopic (exact) mass is 269 g/mol. The number of rotatable bonds is 4. The molecule has 1 aliphatic carbocycles. The first-order valence-electron chi connectivity index (χ1n) is 7.83. The molecule has 0 aromatic carbocycles. The summed E-state index contributed by atoms with van der Waals surface area (Å²) in [5.41, 5.74) is 0.310. The molecule has 0 aromatic rings. The molecular weight excluding hydrogens is 238 g/mol. The van der Waals surface area contributed by atoms with Crippen LogP contribution < -0.4 is 5.32 Å². The van der Waals surface area contributed by atoms with Crippen molar-refractivity contribution in [1.29, 1.82) is 0 Å². The van der Waals surface area contributed by atoms with Crippen LogP contribution in [0.25, 0.3) is 0 Å². The summed E-state index contributed by atoms with van der Waals surface area (Å²) in [5, 5.41) is 3.81. The minimum Gasteiger partial charge on any atom is -0.378 e. The van der Waals surface area contributed by atoms with E-state index in [0.29, 0.717) is 11.5 Å². The van der Waals surface area contributed by atoms with Crippen LogP contribution in [0.1, 0.15) is 52.9 Å². The standard InChI is InChI=1S/C16H31NO2/c1-15(2,3)13-7-5-6-8-14(13)17-11-16(18-4)9-10-19-12-16/h13-14,17H,5-12H2,1-4H3. The van der Waals surface area contributed by atoms with E-state index in [4.69, 9.17) is 9.47 Å². The first-order valence-corrected chi connectivity index (χ1v) is 7.83. The van der Waals surface area contributed by atoms with Crippen molar-refractivity contribution in [2.24, 2.45) is 11.3 Å². The highest BCUT2D eigenvalue weighted by Crippen LogP contribution is 2.38. The second-order valence-electron chi connectivity index (χ2n) is 7.43. The quantitative estimate of drug-likeness (QED) is 0.851. The third-order valence-corrected chi connectivity index (χ3v) is 5.06. The van der Waals surface area contributed by atoms with Crippen LogP contribution >= 0.6 is 0 Å². The number of hydrogen-bond acceptors (Lipinski definition) is 3. The fourth-order valence-corrected chi connectivity index (χ4v) is 3.69. The second-order valence-corrected chi connectivity index (χ2v) is 7.43. The summed E-state index contributed by atoms with van der Waals surface area (Å²) >= 11 is 0. The Balaban J connectivity index is 1.92. The van der Waals surface area contributed by atoms with Crippen LogP contribution in [-0.4, -0.2) is 38.5 Å². The summed E-state index contributed by atoms with van der Waals surface area (Å²) in [5.74, 6) is 0.775. The molecule has 19 heavy (non-hydrogen) atoms. The van der Waals surface area contributed by atoms with Crippen molar-refractivity contribution in [1.82, 2.24) is 5.32 Å². The molecule has 0 radical (unpaired) electrons. The molecule has 1 saturated carbocycles. The van der Waals surface area contributed by atoms with Gasteiger partial charge in [0.25, 0.3) is 0 Å². The van der Waals surface area contributed by atoms with Crippen molar-refractivity contribution in [2.45, 2.75) is 64.5 Å². The van der Waals surface area contributed by atoms with E-state index < -0.39 is 0 Å². The predicted molar refractivity (Wildman–Crippen MR) is 78.4 cm³/mol. The van der Waals surface area contributed by atoms with Crippen molar-refractivity contribution in [3.05, 3.63) is 0 Å². The van der Waals surface area contributed by atoms with Gasteiger partial charge in [0.1, 0.15) is 5.60 Å². The normalized spacial score (nSPS) is 36.6. The van der Waals surface area contributed by atoms with E-state index in [1.807, 2.05) is 7.11 Å². The highest BCUT2D eigenvalue weighted by Gasteiger charge is 2.38. The molecule has 3 nitrogen and oxygen atoms in total. The number of methoxy groups -OCH3 is 1. The average molecular weight is 269 g/mol. The Bertz CT molecular complexity index is 279. The van der Waals surface area contributed by atoms with E-state index in [0.717, 1.165) is 32.1 Å².